The molecule has 0 aliphatic rings. The Labute approximate surface area is 108 Å². The first-order valence-electron chi connectivity index (χ1n) is 4.88. The summed E-state index contributed by atoms with van der Waals surface area (Å²) in [6.45, 7) is 0. The first-order chi connectivity index (χ1) is 8.20. The first kappa shape index (κ1) is 12.1. The molecule has 0 heterocycles. The highest BCUT2D eigenvalue weighted by atomic mass is 35.5. The molecule has 2 rings (SSSR count). The molecule has 0 amide bonds. The van der Waals surface area contributed by atoms with E-state index in [4.69, 9.17) is 11.6 Å². The molecule has 0 saturated heterocycles. The van der Waals surface area contributed by atoms with Gasteiger partial charge in [-0.05, 0) is 24.3 Å². The molecule has 0 aliphatic heterocycles. The van der Waals surface area contributed by atoms with Gasteiger partial charge >= 0.3 is 0 Å². The van der Waals surface area contributed by atoms with E-state index in [1.807, 2.05) is 6.07 Å². The Morgan fingerprint density at radius 1 is 1.18 bits per heavy atom. The molecule has 1 nitrogen and oxygen atoms in total. The number of hydrogen-bond acceptors (Lipinski definition) is 2. The van der Waals surface area contributed by atoms with Crippen LogP contribution < -0.4 is 0 Å². The van der Waals surface area contributed by atoms with Gasteiger partial charge in [-0.15, -0.1) is 0 Å². The molecule has 2 aromatic rings. The van der Waals surface area contributed by atoms with Crippen LogP contribution in [0.5, 0.6) is 0 Å². The van der Waals surface area contributed by atoms with Crippen molar-refractivity contribution in [3.8, 4) is 0 Å². The molecule has 0 saturated carbocycles. The van der Waals surface area contributed by atoms with Crippen LogP contribution in [0, 0.1) is 5.82 Å². The Kier molecular flexibility index (Phi) is 3.82. The third-order valence-electron chi connectivity index (χ3n) is 2.14. The smallest absolute Gasteiger partial charge is 0.151 e. The normalized spacial score (nSPS) is 10.2. The fourth-order valence-electron chi connectivity index (χ4n) is 1.37. The van der Waals surface area contributed by atoms with Gasteiger partial charge in [-0.25, -0.2) is 4.39 Å². The van der Waals surface area contributed by atoms with Crippen LogP contribution in [-0.2, 0) is 0 Å². The quantitative estimate of drug-likeness (QED) is 0.764. The molecule has 17 heavy (non-hydrogen) atoms. The molecular weight excluding hydrogens is 259 g/mol. The summed E-state index contributed by atoms with van der Waals surface area (Å²) in [5.74, 6) is -0.403. The molecule has 0 N–H and O–H groups in total. The van der Waals surface area contributed by atoms with Crippen LogP contribution >= 0.6 is 23.4 Å². The maximum atomic E-state index is 13.6. The summed E-state index contributed by atoms with van der Waals surface area (Å²) in [4.78, 5) is 12.0. The maximum Gasteiger partial charge on any atom is 0.151 e. The van der Waals surface area contributed by atoms with Gasteiger partial charge in [0.15, 0.2) is 6.29 Å². The van der Waals surface area contributed by atoms with Crippen molar-refractivity contribution in [3.05, 3.63) is 58.9 Å². The van der Waals surface area contributed by atoms with Gasteiger partial charge in [0.25, 0.3) is 0 Å². The number of hydrogen-bond donors (Lipinski definition) is 0. The number of halogens is 2. The third kappa shape index (κ3) is 2.87. The van der Waals surface area contributed by atoms with Crippen molar-refractivity contribution >= 4 is 29.6 Å². The number of carbonyl (C=O) groups excluding carboxylic acids is 1. The molecule has 0 aliphatic carbocycles. The molecule has 0 spiro atoms. The predicted octanol–water partition coefficient (Wildman–Crippen LogP) is 4.44. The molecule has 0 atom stereocenters. The minimum Gasteiger partial charge on any atom is -0.298 e. The summed E-state index contributed by atoms with van der Waals surface area (Å²) in [7, 11) is 0. The second kappa shape index (κ2) is 5.34. The van der Waals surface area contributed by atoms with Crippen molar-refractivity contribution in [1.82, 2.24) is 0 Å². The molecular formula is C13H8ClFOS. The zero-order chi connectivity index (χ0) is 12.3. The van der Waals surface area contributed by atoms with Crippen LogP contribution in [0.4, 0.5) is 4.39 Å². The molecule has 0 fully saturated rings. The highest BCUT2D eigenvalue weighted by Crippen LogP contribution is 2.33. The molecule has 4 heteroatoms. The van der Waals surface area contributed by atoms with Gasteiger partial charge in [0.1, 0.15) is 5.82 Å². The molecule has 0 unspecified atom stereocenters. The number of benzene rings is 2. The van der Waals surface area contributed by atoms with E-state index in [1.54, 1.807) is 24.3 Å². The van der Waals surface area contributed by atoms with E-state index in [9.17, 15) is 9.18 Å². The van der Waals surface area contributed by atoms with Crippen LogP contribution in [0.3, 0.4) is 0 Å². The Bertz CT molecular complexity index is 557. The largest absolute Gasteiger partial charge is 0.298 e. The van der Waals surface area contributed by atoms with Gasteiger partial charge in [0.2, 0.25) is 0 Å². The van der Waals surface area contributed by atoms with Crippen molar-refractivity contribution in [1.29, 1.82) is 0 Å². The lowest BCUT2D eigenvalue weighted by molar-refractivity contribution is 0.112. The summed E-state index contributed by atoms with van der Waals surface area (Å²) < 4.78 is 13.6. The van der Waals surface area contributed by atoms with E-state index in [-0.39, 0.29) is 0 Å². The Morgan fingerprint density at radius 3 is 2.65 bits per heavy atom. The summed E-state index contributed by atoms with van der Waals surface area (Å²) in [5.41, 5.74) is 0.343. The minimum atomic E-state index is -0.403. The summed E-state index contributed by atoms with van der Waals surface area (Å²) in [5, 5.41) is 0.582. The van der Waals surface area contributed by atoms with E-state index in [0.29, 0.717) is 21.8 Å². The van der Waals surface area contributed by atoms with Crippen LogP contribution in [0.15, 0.2) is 52.3 Å². The van der Waals surface area contributed by atoms with Crippen molar-refractivity contribution in [3.63, 3.8) is 0 Å². The molecule has 0 bridgehead atoms. The molecule has 2 aromatic carbocycles. The van der Waals surface area contributed by atoms with Crippen molar-refractivity contribution in [2.75, 3.05) is 0 Å². The molecule has 0 aromatic heterocycles. The van der Waals surface area contributed by atoms with Crippen molar-refractivity contribution < 1.29 is 9.18 Å². The first-order valence-corrected chi connectivity index (χ1v) is 6.07. The maximum absolute atomic E-state index is 13.6. The fraction of sp³-hybridized carbons (Fsp3) is 0. The van der Waals surface area contributed by atoms with Gasteiger partial charge in [-0.2, -0.15) is 0 Å². The number of aldehydes is 1. The van der Waals surface area contributed by atoms with E-state index in [1.165, 1.54) is 23.9 Å². The van der Waals surface area contributed by atoms with Crippen LogP contribution in [0.1, 0.15) is 10.4 Å². The van der Waals surface area contributed by atoms with Crippen molar-refractivity contribution in [2.45, 2.75) is 9.79 Å². The standard InChI is InChI=1S/C13H8ClFOS/c14-10-4-2-5-11(7-10)17-13-9(8-16)3-1-6-12(13)15/h1-8H. The average Bonchev–Trinajstić information content (AvgIpc) is 2.32. The van der Waals surface area contributed by atoms with Crippen LogP contribution in [-0.4, -0.2) is 6.29 Å². The lowest BCUT2D eigenvalue weighted by Crippen LogP contribution is -1.89. The van der Waals surface area contributed by atoms with E-state index < -0.39 is 5.82 Å². The van der Waals surface area contributed by atoms with Gasteiger partial charge < -0.3 is 0 Å². The number of rotatable bonds is 3. The summed E-state index contributed by atoms with van der Waals surface area (Å²) >= 11 is 7.04. The zero-order valence-electron chi connectivity index (χ0n) is 8.69. The SMILES string of the molecule is O=Cc1cccc(F)c1Sc1cccc(Cl)c1. The Hall–Kier alpha value is -1.32. The van der Waals surface area contributed by atoms with Gasteiger partial charge in [0, 0.05) is 15.5 Å². The van der Waals surface area contributed by atoms with Crippen molar-refractivity contribution in [2.24, 2.45) is 0 Å². The lowest BCUT2D eigenvalue weighted by atomic mass is 10.2. The monoisotopic (exact) mass is 266 g/mol. The van der Waals surface area contributed by atoms with Crippen LogP contribution in [0.25, 0.3) is 0 Å². The minimum absolute atomic E-state index is 0.324. The topological polar surface area (TPSA) is 17.1 Å². The highest BCUT2D eigenvalue weighted by molar-refractivity contribution is 7.99. The number of carbonyl (C=O) groups is 1. The molecule has 86 valence electrons. The second-order valence-electron chi connectivity index (χ2n) is 3.34. The Balaban J connectivity index is 2.39. The fourth-order valence-corrected chi connectivity index (χ4v) is 2.60. The lowest BCUT2D eigenvalue weighted by Gasteiger charge is -2.06. The highest BCUT2D eigenvalue weighted by Gasteiger charge is 2.09. The average molecular weight is 267 g/mol. The summed E-state index contributed by atoms with van der Waals surface area (Å²) in [6, 6.07) is 11.5. The van der Waals surface area contributed by atoms with Gasteiger partial charge in [0.05, 0.1) is 4.90 Å². The Morgan fingerprint density at radius 2 is 1.94 bits per heavy atom. The van der Waals surface area contributed by atoms with Gasteiger partial charge in [-0.3, -0.25) is 4.79 Å². The van der Waals surface area contributed by atoms with E-state index in [2.05, 4.69) is 0 Å². The van der Waals surface area contributed by atoms with E-state index >= 15 is 0 Å². The van der Waals surface area contributed by atoms with Crippen LogP contribution in [0.2, 0.25) is 5.02 Å². The third-order valence-corrected chi connectivity index (χ3v) is 3.50. The second-order valence-corrected chi connectivity index (χ2v) is 4.86. The summed E-state index contributed by atoms with van der Waals surface area (Å²) in [6.07, 6.45) is 0.649. The van der Waals surface area contributed by atoms with Gasteiger partial charge in [-0.1, -0.05) is 41.6 Å². The molecule has 0 radical (unpaired) electrons. The zero-order valence-corrected chi connectivity index (χ0v) is 10.3. The van der Waals surface area contributed by atoms with E-state index in [0.717, 1.165) is 4.90 Å². The predicted molar refractivity (Wildman–Crippen MR) is 67.4 cm³/mol.